The lowest BCUT2D eigenvalue weighted by molar-refractivity contribution is 0.402. The van der Waals surface area contributed by atoms with Crippen LogP contribution in [0.2, 0.25) is 0 Å². The first kappa shape index (κ1) is 18.8. The van der Waals surface area contributed by atoms with Crippen LogP contribution < -0.4 is 10.5 Å². The molecule has 29 heavy (non-hydrogen) atoms. The van der Waals surface area contributed by atoms with Crippen molar-refractivity contribution in [2.24, 2.45) is 7.05 Å². The fraction of sp³-hybridized carbons (Fsp3) is 0.118. The summed E-state index contributed by atoms with van der Waals surface area (Å²) in [5.41, 5.74) is 5.42. The van der Waals surface area contributed by atoms with Crippen molar-refractivity contribution < 1.29 is 21.9 Å². The molecule has 4 aromatic heterocycles. The summed E-state index contributed by atoms with van der Waals surface area (Å²) in [7, 11) is -1.24. The molecule has 2 N–H and O–H groups in total. The molecule has 0 saturated heterocycles. The van der Waals surface area contributed by atoms with E-state index in [0.29, 0.717) is 0 Å². The van der Waals surface area contributed by atoms with Gasteiger partial charge in [0.2, 0.25) is 15.8 Å². The lowest BCUT2D eigenvalue weighted by atomic mass is 10.2. The Morgan fingerprint density at radius 3 is 2.66 bits per heavy atom. The Hall–Kier alpha value is -3.54. The number of rotatable bonds is 4. The number of aromatic nitrogens is 5. The number of aryl methyl sites for hydroxylation is 1. The molecule has 4 aromatic rings. The maximum absolute atomic E-state index is 14.3. The highest BCUT2D eigenvalue weighted by atomic mass is 32.2. The summed E-state index contributed by atoms with van der Waals surface area (Å²) >= 11 is 0. The third-order valence-corrected chi connectivity index (χ3v) is 6.20. The summed E-state index contributed by atoms with van der Waals surface area (Å²) < 4.78 is 62.2. The van der Waals surface area contributed by atoms with Crippen LogP contribution in [0, 0.1) is 11.8 Å². The normalized spacial score (nSPS) is 11.9. The van der Waals surface area contributed by atoms with E-state index in [2.05, 4.69) is 15.1 Å². The number of nitrogens with two attached hydrogens (primary N) is 1. The van der Waals surface area contributed by atoms with Crippen LogP contribution in [-0.4, -0.2) is 39.7 Å². The van der Waals surface area contributed by atoms with Crippen LogP contribution >= 0.6 is 0 Å². The second-order valence-electron chi connectivity index (χ2n) is 6.07. The van der Waals surface area contributed by atoms with Crippen molar-refractivity contribution in [2.45, 2.75) is 9.92 Å². The largest absolute Gasteiger partial charge is 0.495 e. The van der Waals surface area contributed by atoms with Gasteiger partial charge < -0.3 is 10.5 Å². The zero-order valence-electron chi connectivity index (χ0n) is 15.2. The van der Waals surface area contributed by atoms with E-state index in [-0.39, 0.29) is 32.6 Å². The molecule has 0 aliphatic heterocycles. The van der Waals surface area contributed by atoms with Gasteiger partial charge in [0.05, 0.1) is 30.8 Å². The predicted octanol–water partition coefficient (Wildman–Crippen LogP) is 1.83. The Kier molecular flexibility index (Phi) is 4.22. The topological polar surface area (TPSA) is 117 Å². The van der Waals surface area contributed by atoms with E-state index >= 15 is 0 Å². The highest BCUT2D eigenvalue weighted by Gasteiger charge is 2.27. The molecule has 0 radical (unpaired) electrons. The van der Waals surface area contributed by atoms with Crippen LogP contribution in [0.3, 0.4) is 0 Å². The molecular weight excluding hydrogens is 406 g/mol. The molecule has 0 saturated carbocycles. The highest BCUT2D eigenvalue weighted by Crippen LogP contribution is 2.33. The van der Waals surface area contributed by atoms with Crippen LogP contribution in [0.1, 0.15) is 0 Å². The van der Waals surface area contributed by atoms with Crippen LogP contribution in [0.4, 0.5) is 14.6 Å². The van der Waals surface area contributed by atoms with Gasteiger partial charge >= 0.3 is 0 Å². The molecule has 0 fully saturated rings. The first-order valence-electron chi connectivity index (χ1n) is 8.14. The maximum atomic E-state index is 14.3. The Balaban J connectivity index is 2.00. The average molecular weight is 420 g/mol. The van der Waals surface area contributed by atoms with Crippen molar-refractivity contribution in [2.75, 3.05) is 12.8 Å². The minimum atomic E-state index is -4.04. The van der Waals surface area contributed by atoms with Gasteiger partial charge in [0.15, 0.2) is 16.7 Å². The summed E-state index contributed by atoms with van der Waals surface area (Å²) in [6.45, 7) is 0. The van der Waals surface area contributed by atoms with Gasteiger partial charge in [0.1, 0.15) is 16.3 Å². The monoisotopic (exact) mass is 420 g/mol. The lowest BCUT2D eigenvalue weighted by Gasteiger charge is -2.12. The van der Waals surface area contributed by atoms with Crippen molar-refractivity contribution in [1.29, 1.82) is 0 Å². The number of sulfone groups is 1. The van der Waals surface area contributed by atoms with Crippen molar-refractivity contribution in [1.82, 2.24) is 24.1 Å². The van der Waals surface area contributed by atoms with Gasteiger partial charge in [-0.3, -0.25) is 9.08 Å². The van der Waals surface area contributed by atoms with Crippen LogP contribution in [-0.2, 0) is 16.9 Å². The van der Waals surface area contributed by atoms with Crippen molar-refractivity contribution in [3.05, 3.63) is 48.6 Å². The molecule has 0 bridgehead atoms. The molecule has 0 aliphatic rings. The predicted molar refractivity (Wildman–Crippen MR) is 98.0 cm³/mol. The summed E-state index contributed by atoms with van der Waals surface area (Å²) in [4.78, 5) is 7.26. The molecule has 9 nitrogen and oxygen atoms in total. The van der Waals surface area contributed by atoms with E-state index in [1.807, 2.05) is 0 Å². The molecule has 0 spiro atoms. The van der Waals surface area contributed by atoms with E-state index in [0.717, 1.165) is 6.07 Å². The smallest absolute Gasteiger partial charge is 0.228 e. The molecule has 0 unspecified atom stereocenters. The van der Waals surface area contributed by atoms with E-state index in [9.17, 15) is 17.2 Å². The molecular formula is C17H14F2N6O3S. The fourth-order valence-electron chi connectivity index (χ4n) is 2.94. The van der Waals surface area contributed by atoms with Gasteiger partial charge in [-0.05, 0) is 12.1 Å². The van der Waals surface area contributed by atoms with Crippen molar-refractivity contribution in [3.8, 4) is 17.0 Å². The Labute approximate surface area is 163 Å². The number of anilines is 1. The Bertz CT molecular complexity index is 1360. The van der Waals surface area contributed by atoms with Gasteiger partial charge in [0.25, 0.3) is 0 Å². The molecule has 150 valence electrons. The van der Waals surface area contributed by atoms with E-state index < -0.39 is 27.4 Å². The Morgan fingerprint density at radius 1 is 1.24 bits per heavy atom. The minimum Gasteiger partial charge on any atom is -0.495 e. The van der Waals surface area contributed by atoms with Gasteiger partial charge in [0, 0.05) is 19.3 Å². The van der Waals surface area contributed by atoms with Gasteiger partial charge in [-0.2, -0.15) is 14.5 Å². The summed E-state index contributed by atoms with van der Waals surface area (Å²) in [6, 6.07) is 3.60. The number of nitrogen functional groups attached to an aromatic ring is 1. The third-order valence-electron chi connectivity index (χ3n) is 4.37. The molecule has 0 aromatic carbocycles. The van der Waals surface area contributed by atoms with Crippen LogP contribution in [0.5, 0.6) is 5.75 Å². The minimum absolute atomic E-state index is 0.0398. The average Bonchev–Trinajstić information content (AvgIpc) is 3.29. The number of fused-ring (bicyclic) bond motifs is 1. The Morgan fingerprint density at radius 2 is 2.00 bits per heavy atom. The van der Waals surface area contributed by atoms with Crippen molar-refractivity contribution >= 4 is 21.3 Å². The number of methoxy groups -OCH3 is 1. The third kappa shape index (κ3) is 2.88. The maximum Gasteiger partial charge on any atom is 0.228 e. The van der Waals surface area contributed by atoms with E-state index in [4.69, 9.17) is 10.5 Å². The quantitative estimate of drug-likeness (QED) is 0.501. The number of imidazole rings is 1. The van der Waals surface area contributed by atoms with Gasteiger partial charge in [-0.15, -0.1) is 0 Å². The molecule has 0 aliphatic carbocycles. The summed E-state index contributed by atoms with van der Waals surface area (Å²) in [5, 5.41) is 3.81. The number of hydrogen-bond acceptors (Lipinski definition) is 7. The highest BCUT2D eigenvalue weighted by molar-refractivity contribution is 7.91. The van der Waals surface area contributed by atoms with Gasteiger partial charge in [-0.25, -0.2) is 17.8 Å². The first-order chi connectivity index (χ1) is 13.7. The fourth-order valence-corrected chi connectivity index (χ4v) is 4.46. The zero-order chi connectivity index (χ0) is 20.9. The molecule has 0 amide bonds. The SMILES string of the molecule is COc1cc2ncc(-c3cc(F)c(N)nc3F)n2cc1S(=O)(=O)c1ccnn1C. The number of pyridine rings is 2. The number of halogens is 2. The van der Waals surface area contributed by atoms with Crippen LogP contribution in [0.25, 0.3) is 16.9 Å². The summed E-state index contributed by atoms with van der Waals surface area (Å²) in [5.74, 6) is -2.47. The van der Waals surface area contributed by atoms with E-state index in [1.54, 1.807) is 0 Å². The molecule has 12 heteroatoms. The number of nitrogens with zero attached hydrogens (tertiary/aromatic N) is 5. The summed E-state index contributed by atoms with van der Waals surface area (Å²) in [6.07, 6.45) is 3.84. The molecule has 4 heterocycles. The number of ether oxygens (including phenoxy) is 1. The zero-order valence-corrected chi connectivity index (χ0v) is 16.0. The van der Waals surface area contributed by atoms with Crippen molar-refractivity contribution in [3.63, 3.8) is 0 Å². The second-order valence-corrected chi connectivity index (χ2v) is 7.93. The molecule has 4 rings (SSSR count). The van der Waals surface area contributed by atoms with Crippen LogP contribution in [0.15, 0.2) is 46.7 Å². The molecule has 0 atom stereocenters. The second kappa shape index (κ2) is 6.51. The first-order valence-corrected chi connectivity index (χ1v) is 9.62. The number of hydrogen-bond donors (Lipinski definition) is 1. The lowest BCUT2D eigenvalue weighted by Crippen LogP contribution is -2.11. The standard InChI is InChI=1S/C17H14F2N6O3S/c1-24-15(3-4-22-24)29(26,27)13-8-25-11(7-21-14(25)6-12(13)28-2)9-5-10(18)17(20)23-16(9)19/h3-8H,1-2H3,(H2,20,23). The van der Waals surface area contributed by atoms with Gasteiger partial charge in [-0.1, -0.05) is 0 Å². The van der Waals surface area contributed by atoms with E-state index in [1.165, 1.54) is 54.0 Å².